The van der Waals surface area contributed by atoms with Gasteiger partial charge in [-0.05, 0) is 25.1 Å². The summed E-state index contributed by atoms with van der Waals surface area (Å²) in [5.74, 6) is 0.106. The van der Waals surface area contributed by atoms with E-state index in [0.29, 0.717) is 27.5 Å². The van der Waals surface area contributed by atoms with E-state index in [0.717, 1.165) is 9.90 Å². The summed E-state index contributed by atoms with van der Waals surface area (Å²) in [5, 5.41) is 22.3. The van der Waals surface area contributed by atoms with Gasteiger partial charge in [-0.3, -0.25) is 10.1 Å². The van der Waals surface area contributed by atoms with Crippen LogP contribution in [0.5, 0.6) is 0 Å². The first-order valence-electron chi connectivity index (χ1n) is 6.26. The Morgan fingerprint density at radius 1 is 1.45 bits per heavy atom. The molecule has 0 radical (unpaired) electrons. The van der Waals surface area contributed by atoms with Gasteiger partial charge in [-0.15, -0.1) is 0 Å². The van der Waals surface area contributed by atoms with Crippen molar-refractivity contribution in [2.75, 3.05) is 11.1 Å². The summed E-state index contributed by atoms with van der Waals surface area (Å²) in [4.78, 5) is 16.6. The Kier molecular flexibility index (Phi) is 4.04. The molecular formula is C13H10N6OS2. The number of aromatic amines is 1. The molecule has 0 unspecified atom stereocenters. The van der Waals surface area contributed by atoms with E-state index >= 15 is 0 Å². The average Bonchev–Trinajstić information content (AvgIpc) is 3.10. The third-order valence-corrected chi connectivity index (χ3v) is 5.12. The van der Waals surface area contributed by atoms with Gasteiger partial charge in [0.2, 0.25) is 0 Å². The lowest BCUT2D eigenvalue weighted by Gasteiger charge is -2.00. The second kappa shape index (κ2) is 6.13. The number of thioether (sulfide) groups is 1. The Hall–Kier alpha value is -2.44. The first-order valence-corrected chi connectivity index (χ1v) is 8.06. The number of H-pyrrole nitrogens is 1. The number of hydrogen-bond acceptors (Lipinski definition) is 7. The highest BCUT2D eigenvalue weighted by Gasteiger charge is 2.13. The number of hydrogen-bond donors (Lipinski definition) is 2. The number of nitriles is 1. The number of nitrogens with one attached hydrogen (secondary N) is 2. The van der Waals surface area contributed by atoms with E-state index in [1.807, 2.05) is 6.92 Å². The summed E-state index contributed by atoms with van der Waals surface area (Å²) in [6, 6.07) is 7.16. The molecule has 9 heteroatoms. The standard InChI is InChI=1S/C13H10N6OS2/c1-7-12(21-5-4-14)22-13(15-7)16-11(20)8-2-3-9-10(6-8)18-19-17-9/h2-3,6H,5H2,1H3,(H,15,16,20)(H,17,18,19). The predicted octanol–water partition coefficient (Wildman–Crippen LogP) is 2.59. The zero-order valence-corrected chi connectivity index (χ0v) is 13.1. The lowest BCUT2D eigenvalue weighted by Crippen LogP contribution is -2.11. The van der Waals surface area contributed by atoms with Crippen LogP contribution < -0.4 is 5.32 Å². The van der Waals surface area contributed by atoms with Gasteiger partial charge in [0.15, 0.2) is 5.13 Å². The lowest BCUT2D eigenvalue weighted by atomic mass is 10.2. The number of aryl methyl sites for hydroxylation is 1. The Labute approximate surface area is 133 Å². The number of thiazole rings is 1. The van der Waals surface area contributed by atoms with Crippen molar-refractivity contribution >= 4 is 45.2 Å². The van der Waals surface area contributed by atoms with E-state index in [1.165, 1.54) is 23.1 Å². The molecule has 0 spiro atoms. The molecule has 0 fully saturated rings. The van der Waals surface area contributed by atoms with Gasteiger partial charge in [0.1, 0.15) is 11.0 Å². The van der Waals surface area contributed by atoms with Crippen LogP contribution in [0.4, 0.5) is 5.13 Å². The molecule has 3 rings (SSSR count). The quantitative estimate of drug-likeness (QED) is 0.712. The van der Waals surface area contributed by atoms with Crippen LogP contribution in [0.3, 0.4) is 0 Å². The van der Waals surface area contributed by atoms with Crippen molar-refractivity contribution in [3.05, 3.63) is 29.5 Å². The molecule has 2 aromatic heterocycles. The van der Waals surface area contributed by atoms with E-state index in [9.17, 15) is 4.79 Å². The highest BCUT2D eigenvalue weighted by molar-refractivity contribution is 8.01. The van der Waals surface area contributed by atoms with E-state index in [-0.39, 0.29) is 5.91 Å². The number of rotatable bonds is 4. The molecule has 22 heavy (non-hydrogen) atoms. The topological polar surface area (TPSA) is 107 Å². The molecule has 2 N–H and O–H groups in total. The summed E-state index contributed by atoms with van der Waals surface area (Å²) in [6.07, 6.45) is 0. The van der Waals surface area contributed by atoms with Crippen LogP contribution in [0.2, 0.25) is 0 Å². The van der Waals surface area contributed by atoms with Crippen LogP contribution in [0, 0.1) is 18.3 Å². The third-order valence-electron chi connectivity index (χ3n) is 2.82. The molecule has 7 nitrogen and oxygen atoms in total. The van der Waals surface area contributed by atoms with Gasteiger partial charge in [0.25, 0.3) is 5.91 Å². The maximum Gasteiger partial charge on any atom is 0.257 e. The molecule has 0 atom stereocenters. The van der Waals surface area contributed by atoms with Crippen molar-refractivity contribution in [3.8, 4) is 6.07 Å². The van der Waals surface area contributed by atoms with Crippen molar-refractivity contribution in [3.63, 3.8) is 0 Å². The van der Waals surface area contributed by atoms with Gasteiger partial charge >= 0.3 is 0 Å². The lowest BCUT2D eigenvalue weighted by molar-refractivity contribution is 0.102. The van der Waals surface area contributed by atoms with Gasteiger partial charge in [0.05, 0.1) is 21.7 Å². The SMILES string of the molecule is Cc1nc(NC(=O)c2ccc3n[nH]nc3c2)sc1SCC#N. The molecule has 110 valence electrons. The number of carbonyl (C=O) groups is 1. The van der Waals surface area contributed by atoms with Crippen molar-refractivity contribution in [2.45, 2.75) is 11.1 Å². The summed E-state index contributed by atoms with van der Waals surface area (Å²) in [6.45, 7) is 1.85. The monoisotopic (exact) mass is 330 g/mol. The van der Waals surface area contributed by atoms with Gasteiger partial charge in [-0.25, -0.2) is 4.98 Å². The van der Waals surface area contributed by atoms with E-state index in [4.69, 9.17) is 5.26 Å². The summed E-state index contributed by atoms with van der Waals surface area (Å²) >= 11 is 2.78. The third kappa shape index (κ3) is 2.93. The second-order valence-corrected chi connectivity index (χ2v) is 6.56. The van der Waals surface area contributed by atoms with Crippen LogP contribution in [-0.4, -0.2) is 32.1 Å². The predicted molar refractivity (Wildman–Crippen MR) is 85.0 cm³/mol. The van der Waals surface area contributed by atoms with Crippen molar-refractivity contribution in [2.24, 2.45) is 0 Å². The number of benzene rings is 1. The molecule has 0 bridgehead atoms. The van der Waals surface area contributed by atoms with E-state index in [1.54, 1.807) is 18.2 Å². The molecule has 0 aliphatic heterocycles. The smallest absolute Gasteiger partial charge is 0.257 e. The second-order valence-electron chi connectivity index (χ2n) is 4.32. The number of amides is 1. The molecule has 0 aliphatic rings. The number of aromatic nitrogens is 4. The van der Waals surface area contributed by atoms with Crippen molar-refractivity contribution in [1.82, 2.24) is 20.4 Å². The van der Waals surface area contributed by atoms with Gasteiger partial charge in [-0.1, -0.05) is 23.1 Å². The fourth-order valence-corrected chi connectivity index (χ4v) is 3.61. The largest absolute Gasteiger partial charge is 0.298 e. The molecule has 0 saturated heterocycles. The molecule has 0 aliphatic carbocycles. The Morgan fingerprint density at radius 2 is 2.27 bits per heavy atom. The van der Waals surface area contributed by atoms with Crippen LogP contribution in [0.25, 0.3) is 11.0 Å². The minimum absolute atomic E-state index is 0.254. The first-order chi connectivity index (χ1) is 10.7. The first kappa shape index (κ1) is 14.5. The maximum absolute atomic E-state index is 12.3. The molecule has 1 amide bonds. The number of nitrogens with zero attached hydrogens (tertiary/aromatic N) is 4. The molecule has 0 saturated carbocycles. The van der Waals surface area contributed by atoms with Crippen LogP contribution >= 0.6 is 23.1 Å². The van der Waals surface area contributed by atoms with E-state index in [2.05, 4.69) is 31.8 Å². The van der Waals surface area contributed by atoms with Gasteiger partial charge in [0, 0.05) is 5.56 Å². The van der Waals surface area contributed by atoms with Crippen LogP contribution in [0.15, 0.2) is 22.4 Å². The minimum atomic E-state index is -0.254. The summed E-state index contributed by atoms with van der Waals surface area (Å²) in [5.41, 5.74) is 2.64. The normalized spacial score (nSPS) is 10.5. The van der Waals surface area contributed by atoms with Crippen molar-refractivity contribution in [1.29, 1.82) is 5.26 Å². The summed E-state index contributed by atoms with van der Waals surface area (Å²) < 4.78 is 0.934. The number of fused-ring (bicyclic) bond motifs is 1. The fraction of sp³-hybridized carbons (Fsp3) is 0.154. The molecule has 1 aromatic carbocycles. The Morgan fingerprint density at radius 3 is 3.09 bits per heavy atom. The van der Waals surface area contributed by atoms with E-state index < -0.39 is 0 Å². The minimum Gasteiger partial charge on any atom is -0.298 e. The molecular weight excluding hydrogens is 320 g/mol. The zero-order valence-electron chi connectivity index (χ0n) is 11.5. The Balaban J connectivity index is 1.77. The number of carbonyl (C=O) groups excluding carboxylic acids is 1. The summed E-state index contributed by atoms with van der Waals surface area (Å²) in [7, 11) is 0. The maximum atomic E-state index is 12.3. The highest BCUT2D eigenvalue weighted by atomic mass is 32.2. The average molecular weight is 330 g/mol. The molecule has 3 aromatic rings. The van der Waals surface area contributed by atoms with Gasteiger partial charge < -0.3 is 0 Å². The number of anilines is 1. The van der Waals surface area contributed by atoms with Crippen LogP contribution in [-0.2, 0) is 0 Å². The fourth-order valence-electron chi connectivity index (χ4n) is 1.82. The zero-order chi connectivity index (χ0) is 15.5. The van der Waals surface area contributed by atoms with Crippen molar-refractivity contribution < 1.29 is 4.79 Å². The highest BCUT2D eigenvalue weighted by Crippen LogP contribution is 2.32. The Bertz CT molecular complexity index is 878. The molecule has 2 heterocycles. The van der Waals surface area contributed by atoms with Crippen LogP contribution in [0.1, 0.15) is 16.1 Å². The van der Waals surface area contributed by atoms with Gasteiger partial charge in [-0.2, -0.15) is 20.7 Å².